The SMILES string of the molecule is CNC(=O)N(C)CCNC(=O)OCc1ccc(N)cc1. The third kappa shape index (κ3) is 5.47. The minimum Gasteiger partial charge on any atom is -0.445 e. The molecule has 7 nitrogen and oxygen atoms in total. The monoisotopic (exact) mass is 280 g/mol. The lowest BCUT2D eigenvalue weighted by Crippen LogP contribution is -2.40. The van der Waals surface area contributed by atoms with Gasteiger partial charge in [0.15, 0.2) is 0 Å². The zero-order chi connectivity index (χ0) is 15.0. The molecule has 20 heavy (non-hydrogen) atoms. The van der Waals surface area contributed by atoms with E-state index in [-0.39, 0.29) is 12.6 Å². The number of amides is 3. The molecule has 0 spiro atoms. The van der Waals surface area contributed by atoms with Crippen LogP contribution >= 0.6 is 0 Å². The summed E-state index contributed by atoms with van der Waals surface area (Å²) < 4.78 is 5.03. The number of hydrogen-bond acceptors (Lipinski definition) is 4. The van der Waals surface area contributed by atoms with Crippen LogP contribution in [0.3, 0.4) is 0 Å². The van der Waals surface area contributed by atoms with E-state index in [1.807, 2.05) is 0 Å². The molecular formula is C13H20N4O3. The Labute approximate surface area is 118 Å². The number of carbonyl (C=O) groups excluding carboxylic acids is 2. The molecule has 0 saturated heterocycles. The number of anilines is 1. The molecule has 0 saturated carbocycles. The molecule has 0 aliphatic carbocycles. The molecule has 0 aliphatic heterocycles. The summed E-state index contributed by atoms with van der Waals surface area (Å²) in [6, 6.07) is 6.87. The third-order valence-corrected chi connectivity index (χ3v) is 2.63. The molecule has 0 aliphatic rings. The summed E-state index contributed by atoms with van der Waals surface area (Å²) in [6.07, 6.45) is -0.521. The number of ether oxygens (including phenoxy) is 1. The van der Waals surface area contributed by atoms with Crippen LogP contribution in [0.5, 0.6) is 0 Å². The first-order chi connectivity index (χ1) is 9.52. The number of nitrogens with zero attached hydrogens (tertiary/aromatic N) is 1. The Morgan fingerprint density at radius 2 is 1.95 bits per heavy atom. The highest BCUT2D eigenvalue weighted by Gasteiger charge is 2.07. The molecule has 7 heteroatoms. The minimum atomic E-state index is -0.521. The first-order valence-corrected chi connectivity index (χ1v) is 6.21. The number of hydrogen-bond donors (Lipinski definition) is 3. The lowest BCUT2D eigenvalue weighted by Gasteiger charge is -2.16. The number of nitrogens with two attached hydrogens (primary N) is 1. The molecule has 0 unspecified atom stereocenters. The van der Waals surface area contributed by atoms with Crippen LogP contribution in [0.4, 0.5) is 15.3 Å². The van der Waals surface area contributed by atoms with E-state index in [1.165, 1.54) is 4.90 Å². The molecule has 0 atom stereocenters. The Balaban J connectivity index is 2.20. The predicted molar refractivity (Wildman–Crippen MR) is 76.1 cm³/mol. The van der Waals surface area contributed by atoms with E-state index in [0.29, 0.717) is 18.8 Å². The van der Waals surface area contributed by atoms with Gasteiger partial charge in [-0.1, -0.05) is 12.1 Å². The van der Waals surface area contributed by atoms with Crippen molar-refractivity contribution >= 4 is 17.8 Å². The highest BCUT2D eigenvalue weighted by molar-refractivity contribution is 5.73. The molecule has 0 aromatic heterocycles. The van der Waals surface area contributed by atoms with Gasteiger partial charge in [-0.25, -0.2) is 9.59 Å². The molecule has 0 radical (unpaired) electrons. The van der Waals surface area contributed by atoms with Gasteiger partial charge in [0.05, 0.1) is 0 Å². The van der Waals surface area contributed by atoms with E-state index in [9.17, 15) is 9.59 Å². The Morgan fingerprint density at radius 1 is 1.30 bits per heavy atom. The fourth-order valence-electron chi connectivity index (χ4n) is 1.43. The number of carbonyl (C=O) groups is 2. The van der Waals surface area contributed by atoms with E-state index in [0.717, 1.165) is 5.56 Å². The van der Waals surface area contributed by atoms with Crippen molar-refractivity contribution < 1.29 is 14.3 Å². The van der Waals surface area contributed by atoms with Crippen LogP contribution < -0.4 is 16.4 Å². The molecule has 1 aromatic rings. The van der Waals surface area contributed by atoms with E-state index < -0.39 is 6.09 Å². The summed E-state index contributed by atoms with van der Waals surface area (Å²) in [5.41, 5.74) is 7.08. The fraction of sp³-hybridized carbons (Fsp3) is 0.385. The average Bonchev–Trinajstić information content (AvgIpc) is 2.45. The molecule has 1 rings (SSSR count). The smallest absolute Gasteiger partial charge is 0.407 e. The van der Waals surface area contributed by atoms with Crippen molar-refractivity contribution in [1.29, 1.82) is 0 Å². The van der Waals surface area contributed by atoms with Crippen molar-refractivity contribution in [2.45, 2.75) is 6.61 Å². The molecular weight excluding hydrogens is 260 g/mol. The quantitative estimate of drug-likeness (QED) is 0.694. The molecule has 3 amide bonds. The van der Waals surface area contributed by atoms with Gasteiger partial charge in [0.25, 0.3) is 0 Å². The zero-order valence-corrected chi connectivity index (χ0v) is 11.7. The van der Waals surface area contributed by atoms with Crippen molar-refractivity contribution in [3.05, 3.63) is 29.8 Å². The number of alkyl carbamates (subject to hydrolysis) is 1. The Hall–Kier alpha value is -2.44. The van der Waals surface area contributed by atoms with Crippen LogP contribution in [0.25, 0.3) is 0 Å². The summed E-state index contributed by atoms with van der Waals surface area (Å²) >= 11 is 0. The lowest BCUT2D eigenvalue weighted by atomic mass is 10.2. The zero-order valence-electron chi connectivity index (χ0n) is 11.7. The number of nitrogens with one attached hydrogen (secondary N) is 2. The van der Waals surface area contributed by atoms with E-state index >= 15 is 0 Å². The highest BCUT2D eigenvalue weighted by atomic mass is 16.5. The second-order valence-electron chi connectivity index (χ2n) is 4.22. The number of likely N-dealkylation sites (N-methyl/N-ethyl adjacent to an activating group) is 1. The normalized spacial score (nSPS) is 9.70. The molecule has 0 bridgehead atoms. The summed E-state index contributed by atoms with van der Waals surface area (Å²) in [7, 11) is 3.19. The third-order valence-electron chi connectivity index (χ3n) is 2.63. The van der Waals surface area contributed by atoms with Gasteiger partial charge in [-0.2, -0.15) is 0 Å². The van der Waals surface area contributed by atoms with Crippen molar-refractivity contribution in [1.82, 2.24) is 15.5 Å². The number of nitrogen functional groups attached to an aromatic ring is 1. The van der Waals surface area contributed by atoms with Gasteiger partial charge in [0, 0.05) is 32.9 Å². The maximum atomic E-state index is 11.4. The first-order valence-electron chi connectivity index (χ1n) is 6.21. The van der Waals surface area contributed by atoms with Crippen molar-refractivity contribution in [3.8, 4) is 0 Å². The average molecular weight is 280 g/mol. The molecule has 0 heterocycles. The van der Waals surface area contributed by atoms with Gasteiger partial charge >= 0.3 is 12.1 Å². The van der Waals surface area contributed by atoms with E-state index in [4.69, 9.17) is 10.5 Å². The Kier molecular flexibility index (Phi) is 6.15. The fourth-order valence-corrected chi connectivity index (χ4v) is 1.43. The van der Waals surface area contributed by atoms with Gasteiger partial charge in [-0.3, -0.25) is 0 Å². The maximum absolute atomic E-state index is 11.4. The van der Waals surface area contributed by atoms with Gasteiger partial charge in [-0.15, -0.1) is 0 Å². The van der Waals surface area contributed by atoms with Crippen LogP contribution in [0.1, 0.15) is 5.56 Å². The largest absolute Gasteiger partial charge is 0.445 e. The van der Waals surface area contributed by atoms with Gasteiger partial charge in [0.1, 0.15) is 6.61 Å². The van der Waals surface area contributed by atoms with Crippen molar-refractivity contribution in [3.63, 3.8) is 0 Å². The predicted octanol–water partition coefficient (Wildman–Crippen LogP) is 0.766. The standard InChI is InChI=1S/C13H20N4O3/c1-15-12(18)17(2)8-7-16-13(19)20-9-10-3-5-11(14)6-4-10/h3-6H,7-9,14H2,1-2H3,(H,15,18)(H,16,19). The lowest BCUT2D eigenvalue weighted by molar-refractivity contribution is 0.138. The van der Waals surface area contributed by atoms with Crippen LogP contribution in [0.15, 0.2) is 24.3 Å². The van der Waals surface area contributed by atoms with Crippen LogP contribution in [-0.2, 0) is 11.3 Å². The van der Waals surface area contributed by atoms with Crippen LogP contribution in [-0.4, -0.2) is 44.2 Å². The Morgan fingerprint density at radius 3 is 2.55 bits per heavy atom. The highest BCUT2D eigenvalue weighted by Crippen LogP contribution is 2.06. The minimum absolute atomic E-state index is 0.178. The number of urea groups is 1. The van der Waals surface area contributed by atoms with E-state index in [2.05, 4.69) is 10.6 Å². The molecule has 110 valence electrons. The van der Waals surface area contributed by atoms with Crippen LogP contribution in [0, 0.1) is 0 Å². The van der Waals surface area contributed by atoms with Gasteiger partial charge in [-0.05, 0) is 17.7 Å². The number of benzene rings is 1. The molecule has 4 N–H and O–H groups in total. The van der Waals surface area contributed by atoms with Gasteiger partial charge in [0.2, 0.25) is 0 Å². The summed E-state index contributed by atoms with van der Waals surface area (Å²) in [4.78, 5) is 24.1. The molecule has 1 aromatic carbocycles. The van der Waals surface area contributed by atoms with Crippen molar-refractivity contribution in [2.75, 3.05) is 32.9 Å². The topological polar surface area (TPSA) is 96.7 Å². The molecule has 0 fully saturated rings. The summed E-state index contributed by atoms with van der Waals surface area (Å²) in [5, 5.41) is 5.05. The Bertz CT molecular complexity index is 447. The number of rotatable bonds is 5. The maximum Gasteiger partial charge on any atom is 0.407 e. The second-order valence-corrected chi connectivity index (χ2v) is 4.22. The summed E-state index contributed by atoms with van der Waals surface area (Å²) in [6.45, 7) is 0.901. The van der Waals surface area contributed by atoms with Crippen molar-refractivity contribution in [2.24, 2.45) is 0 Å². The summed E-state index contributed by atoms with van der Waals surface area (Å²) in [5.74, 6) is 0. The van der Waals surface area contributed by atoms with Crippen LogP contribution in [0.2, 0.25) is 0 Å². The second kappa shape index (κ2) is 7.88. The first kappa shape index (κ1) is 15.6. The van der Waals surface area contributed by atoms with E-state index in [1.54, 1.807) is 38.4 Å². The van der Waals surface area contributed by atoms with Gasteiger partial charge < -0.3 is 26.0 Å².